The molecule has 1 heterocycles. The van der Waals surface area contributed by atoms with Crippen molar-refractivity contribution in [3.63, 3.8) is 0 Å². The van der Waals surface area contributed by atoms with Gasteiger partial charge in [-0.15, -0.1) is 0 Å². The van der Waals surface area contributed by atoms with E-state index in [2.05, 4.69) is 10.6 Å². The molecule has 0 atom stereocenters. The molecule has 0 saturated carbocycles. The Labute approximate surface area is 86.8 Å². The van der Waals surface area contributed by atoms with Crippen LogP contribution in [0.2, 0.25) is 0 Å². The summed E-state index contributed by atoms with van der Waals surface area (Å²) in [6.45, 7) is 0.550. The maximum Gasteiger partial charge on any atom is 0.315 e. The number of furan rings is 1. The van der Waals surface area contributed by atoms with Gasteiger partial charge in [-0.2, -0.15) is 0 Å². The van der Waals surface area contributed by atoms with Gasteiger partial charge in [-0.25, -0.2) is 4.79 Å². The number of nitrogens with two attached hydrogens (primary N) is 1. The van der Waals surface area contributed by atoms with Crippen molar-refractivity contribution in [2.75, 3.05) is 6.54 Å². The van der Waals surface area contributed by atoms with Crippen molar-refractivity contribution >= 4 is 11.9 Å². The Kier molecular flexibility index (Phi) is 4.21. The third-order valence-electron chi connectivity index (χ3n) is 1.66. The van der Waals surface area contributed by atoms with E-state index in [0.29, 0.717) is 12.3 Å². The van der Waals surface area contributed by atoms with Crippen molar-refractivity contribution in [2.45, 2.75) is 13.0 Å². The number of hydrogen-bond donors (Lipinski definition) is 3. The van der Waals surface area contributed by atoms with Crippen molar-refractivity contribution in [1.29, 1.82) is 0 Å². The van der Waals surface area contributed by atoms with E-state index in [1.807, 2.05) is 0 Å². The summed E-state index contributed by atoms with van der Waals surface area (Å²) in [5.74, 6) is 0.224. The molecule has 0 unspecified atom stereocenters. The molecule has 3 amide bonds. The molecule has 0 bridgehead atoms. The second kappa shape index (κ2) is 5.69. The number of amides is 3. The summed E-state index contributed by atoms with van der Waals surface area (Å²) in [6.07, 6.45) is 1.66. The predicted octanol–water partition coefficient (Wildman–Crippen LogP) is -0.0458. The summed E-state index contributed by atoms with van der Waals surface area (Å²) in [5.41, 5.74) is 4.90. The van der Waals surface area contributed by atoms with E-state index in [9.17, 15) is 9.59 Å². The normalized spacial score (nSPS) is 9.60. The number of urea groups is 1. The molecule has 1 aromatic heterocycles. The minimum absolute atomic E-state index is 0.133. The molecule has 15 heavy (non-hydrogen) atoms. The van der Waals surface area contributed by atoms with Crippen LogP contribution in [-0.2, 0) is 11.3 Å². The number of carbonyl (C=O) groups is 2. The van der Waals surface area contributed by atoms with E-state index in [1.165, 1.54) is 6.26 Å². The van der Waals surface area contributed by atoms with Gasteiger partial charge >= 0.3 is 6.03 Å². The Morgan fingerprint density at radius 2 is 2.20 bits per heavy atom. The number of hydrogen-bond acceptors (Lipinski definition) is 3. The Bertz CT molecular complexity index is 321. The Morgan fingerprint density at radius 1 is 1.40 bits per heavy atom. The third-order valence-corrected chi connectivity index (χ3v) is 1.66. The second-order valence-corrected chi connectivity index (χ2v) is 2.91. The smallest absolute Gasteiger partial charge is 0.315 e. The van der Waals surface area contributed by atoms with Crippen molar-refractivity contribution in [2.24, 2.45) is 5.73 Å². The lowest BCUT2D eigenvalue weighted by Crippen LogP contribution is -2.36. The largest absolute Gasteiger partial charge is 0.467 e. The van der Waals surface area contributed by atoms with Crippen molar-refractivity contribution in [3.05, 3.63) is 24.2 Å². The summed E-state index contributed by atoms with van der Waals surface area (Å²) < 4.78 is 5.01. The standard InChI is InChI=1S/C9H13N3O3/c10-8(13)3-4-11-9(14)12-6-7-2-1-5-15-7/h1-2,5H,3-4,6H2,(H2,10,13)(H2,11,12,14). The van der Waals surface area contributed by atoms with Crippen LogP contribution in [0.4, 0.5) is 4.79 Å². The Balaban J connectivity index is 2.11. The quantitative estimate of drug-likeness (QED) is 0.637. The molecule has 0 radical (unpaired) electrons. The van der Waals surface area contributed by atoms with Gasteiger partial charge in [0.25, 0.3) is 0 Å². The van der Waals surface area contributed by atoms with E-state index in [-0.39, 0.29) is 19.0 Å². The Hall–Kier alpha value is -1.98. The molecule has 6 nitrogen and oxygen atoms in total. The minimum atomic E-state index is -0.443. The molecule has 0 aliphatic heterocycles. The van der Waals surface area contributed by atoms with Gasteiger partial charge in [0.15, 0.2) is 0 Å². The van der Waals surface area contributed by atoms with Crippen LogP contribution < -0.4 is 16.4 Å². The Morgan fingerprint density at radius 3 is 2.80 bits per heavy atom. The highest BCUT2D eigenvalue weighted by Crippen LogP contribution is 1.97. The highest BCUT2D eigenvalue weighted by Gasteiger charge is 2.01. The molecule has 6 heteroatoms. The first kappa shape index (κ1) is 11.1. The minimum Gasteiger partial charge on any atom is -0.467 e. The lowest BCUT2D eigenvalue weighted by atomic mass is 10.4. The molecular formula is C9H13N3O3. The second-order valence-electron chi connectivity index (χ2n) is 2.91. The maximum atomic E-state index is 11.1. The summed E-state index contributed by atoms with van der Waals surface area (Å²) in [4.78, 5) is 21.5. The van der Waals surface area contributed by atoms with Crippen LogP contribution in [0.1, 0.15) is 12.2 Å². The lowest BCUT2D eigenvalue weighted by molar-refractivity contribution is -0.117. The van der Waals surface area contributed by atoms with E-state index in [4.69, 9.17) is 10.2 Å². The molecule has 82 valence electrons. The average molecular weight is 211 g/mol. The molecule has 1 aromatic rings. The zero-order valence-corrected chi connectivity index (χ0v) is 8.16. The molecule has 0 saturated heterocycles. The molecule has 0 aromatic carbocycles. The summed E-state index contributed by atoms with van der Waals surface area (Å²) in [6, 6.07) is 3.14. The van der Waals surface area contributed by atoms with Crippen LogP contribution in [0.15, 0.2) is 22.8 Å². The van der Waals surface area contributed by atoms with Crippen LogP contribution in [0.3, 0.4) is 0 Å². The van der Waals surface area contributed by atoms with E-state index in [1.54, 1.807) is 12.1 Å². The van der Waals surface area contributed by atoms with Crippen molar-refractivity contribution in [1.82, 2.24) is 10.6 Å². The van der Waals surface area contributed by atoms with Gasteiger partial charge < -0.3 is 20.8 Å². The van der Waals surface area contributed by atoms with Gasteiger partial charge in [0.1, 0.15) is 5.76 Å². The molecule has 1 rings (SSSR count). The van der Waals surface area contributed by atoms with Gasteiger partial charge in [0.2, 0.25) is 5.91 Å². The molecule has 4 N–H and O–H groups in total. The first-order valence-corrected chi connectivity index (χ1v) is 4.51. The first-order valence-electron chi connectivity index (χ1n) is 4.51. The van der Waals surface area contributed by atoms with Crippen LogP contribution in [0.25, 0.3) is 0 Å². The summed E-state index contributed by atoms with van der Waals surface area (Å²) in [7, 11) is 0. The van der Waals surface area contributed by atoms with Gasteiger partial charge in [-0.1, -0.05) is 0 Å². The molecule has 0 spiro atoms. The number of primary amides is 1. The summed E-state index contributed by atoms with van der Waals surface area (Å²) in [5, 5.41) is 5.05. The maximum absolute atomic E-state index is 11.1. The molecule has 0 aliphatic rings. The lowest BCUT2D eigenvalue weighted by Gasteiger charge is -2.04. The topological polar surface area (TPSA) is 97.4 Å². The molecule has 0 fully saturated rings. The van der Waals surface area contributed by atoms with Crippen molar-refractivity contribution in [3.8, 4) is 0 Å². The van der Waals surface area contributed by atoms with Crippen LogP contribution in [0.5, 0.6) is 0 Å². The fraction of sp³-hybridized carbons (Fsp3) is 0.333. The van der Waals surface area contributed by atoms with E-state index in [0.717, 1.165) is 0 Å². The summed E-state index contributed by atoms with van der Waals surface area (Å²) >= 11 is 0. The van der Waals surface area contributed by atoms with E-state index >= 15 is 0 Å². The van der Waals surface area contributed by atoms with Gasteiger partial charge in [0.05, 0.1) is 12.8 Å². The zero-order chi connectivity index (χ0) is 11.1. The first-order chi connectivity index (χ1) is 7.18. The predicted molar refractivity (Wildman–Crippen MR) is 52.8 cm³/mol. The SMILES string of the molecule is NC(=O)CCNC(=O)NCc1ccco1. The van der Waals surface area contributed by atoms with Gasteiger partial charge in [0, 0.05) is 13.0 Å². The average Bonchev–Trinajstić information content (AvgIpc) is 2.66. The van der Waals surface area contributed by atoms with Crippen LogP contribution in [-0.4, -0.2) is 18.5 Å². The van der Waals surface area contributed by atoms with Crippen LogP contribution >= 0.6 is 0 Å². The molecular weight excluding hydrogens is 198 g/mol. The fourth-order valence-corrected chi connectivity index (χ4v) is 0.942. The highest BCUT2D eigenvalue weighted by atomic mass is 16.3. The number of rotatable bonds is 5. The molecule has 0 aliphatic carbocycles. The highest BCUT2D eigenvalue weighted by molar-refractivity contribution is 5.76. The van der Waals surface area contributed by atoms with E-state index < -0.39 is 5.91 Å². The van der Waals surface area contributed by atoms with Gasteiger partial charge in [-0.05, 0) is 12.1 Å². The third kappa shape index (κ3) is 4.70. The van der Waals surface area contributed by atoms with Crippen LogP contribution in [0, 0.1) is 0 Å². The number of carbonyl (C=O) groups excluding carboxylic acids is 2. The van der Waals surface area contributed by atoms with Crippen molar-refractivity contribution < 1.29 is 14.0 Å². The van der Waals surface area contributed by atoms with Gasteiger partial charge in [-0.3, -0.25) is 4.79 Å². The monoisotopic (exact) mass is 211 g/mol. The fourth-order valence-electron chi connectivity index (χ4n) is 0.942. The zero-order valence-electron chi connectivity index (χ0n) is 8.16. The number of nitrogens with one attached hydrogen (secondary N) is 2.